The van der Waals surface area contributed by atoms with Gasteiger partial charge in [-0.2, -0.15) is 0 Å². The second-order valence-corrected chi connectivity index (χ2v) is 6.31. The van der Waals surface area contributed by atoms with Gasteiger partial charge in [-0.15, -0.1) is 0 Å². The van der Waals surface area contributed by atoms with E-state index in [1.165, 1.54) is 5.69 Å². The molecule has 4 aromatic rings. The van der Waals surface area contributed by atoms with Crippen LogP contribution in [0.1, 0.15) is 0 Å². The fourth-order valence-corrected chi connectivity index (χ4v) is 3.48. The first-order chi connectivity index (χ1) is 12.9. The van der Waals surface area contributed by atoms with Crippen LogP contribution in [0.3, 0.4) is 0 Å². The molecular formula is C19H17N7. The summed E-state index contributed by atoms with van der Waals surface area (Å²) < 4.78 is 0. The predicted molar refractivity (Wildman–Crippen MR) is 101 cm³/mol. The number of hydrogen-bond donors (Lipinski definition) is 0. The van der Waals surface area contributed by atoms with E-state index in [9.17, 15) is 0 Å². The van der Waals surface area contributed by atoms with Gasteiger partial charge in [0.05, 0.1) is 10.9 Å². The lowest BCUT2D eigenvalue weighted by Crippen LogP contribution is -2.46. The number of anilines is 2. The third kappa shape index (κ3) is 2.57. The highest BCUT2D eigenvalue weighted by Gasteiger charge is 2.20. The van der Waals surface area contributed by atoms with Crippen LogP contribution < -0.4 is 9.80 Å². The highest BCUT2D eigenvalue weighted by molar-refractivity contribution is 5.86. The minimum absolute atomic E-state index is 0.745. The second kappa shape index (κ2) is 6.18. The van der Waals surface area contributed by atoms with E-state index in [2.05, 4.69) is 52.9 Å². The molecular weight excluding hydrogens is 326 g/mol. The Balaban J connectivity index is 1.38. The topological polar surface area (TPSA) is 70.9 Å². The Morgan fingerprint density at radius 1 is 0.808 bits per heavy atom. The number of nitrogens with zero attached hydrogens (tertiary/aromatic N) is 7. The lowest BCUT2D eigenvalue weighted by molar-refractivity contribution is 0.649. The zero-order chi connectivity index (χ0) is 17.3. The summed E-state index contributed by atoms with van der Waals surface area (Å²) in [6, 6.07) is 10.3. The van der Waals surface area contributed by atoms with E-state index in [0.29, 0.717) is 0 Å². The fourth-order valence-electron chi connectivity index (χ4n) is 3.48. The number of fused-ring (bicyclic) bond motifs is 2. The maximum atomic E-state index is 4.51. The molecule has 0 bridgehead atoms. The zero-order valence-electron chi connectivity index (χ0n) is 14.2. The molecule has 0 aliphatic carbocycles. The summed E-state index contributed by atoms with van der Waals surface area (Å²) in [5, 5.41) is 2.08. The van der Waals surface area contributed by atoms with E-state index in [1.807, 2.05) is 18.3 Å². The SMILES string of the molecule is c1cnc2ncnc(N3CCN(c4ccc5ncncc5c4)CC3)c2c1. The smallest absolute Gasteiger partial charge is 0.164 e. The molecule has 1 saturated heterocycles. The molecule has 0 N–H and O–H groups in total. The van der Waals surface area contributed by atoms with Crippen molar-refractivity contribution in [2.24, 2.45) is 0 Å². The van der Waals surface area contributed by atoms with Gasteiger partial charge in [-0.25, -0.2) is 24.9 Å². The number of piperazine rings is 1. The predicted octanol–water partition coefficient (Wildman–Crippen LogP) is 2.29. The maximum absolute atomic E-state index is 4.51. The molecule has 7 heteroatoms. The molecule has 3 aromatic heterocycles. The van der Waals surface area contributed by atoms with Gasteiger partial charge in [-0.3, -0.25) is 0 Å². The van der Waals surface area contributed by atoms with Crippen molar-refractivity contribution in [2.75, 3.05) is 36.0 Å². The molecule has 0 radical (unpaired) electrons. The van der Waals surface area contributed by atoms with Crippen LogP contribution in [-0.2, 0) is 0 Å². The van der Waals surface area contributed by atoms with Crippen LogP contribution in [0, 0.1) is 0 Å². The average molecular weight is 343 g/mol. The minimum Gasteiger partial charge on any atom is -0.368 e. The van der Waals surface area contributed by atoms with Crippen molar-refractivity contribution in [1.29, 1.82) is 0 Å². The molecule has 1 fully saturated rings. The van der Waals surface area contributed by atoms with Gasteiger partial charge in [0.15, 0.2) is 5.65 Å². The first kappa shape index (κ1) is 14.9. The van der Waals surface area contributed by atoms with Crippen LogP contribution in [-0.4, -0.2) is 51.1 Å². The van der Waals surface area contributed by atoms with E-state index in [0.717, 1.165) is 53.9 Å². The summed E-state index contributed by atoms with van der Waals surface area (Å²) in [7, 11) is 0. The molecule has 1 aliphatic heterocycles. The number of aromatic nitrogens is 5. The Labute approximate surface area is 150 Å². The second-order valence-electron chi connectivity index (χ2n) is 6.31. The van der Waals surface area contributed by atoms with Crippen LogP contribution in [0.5, 0.6) is 0 Å². The van der Waals surface area contributed by atoms with E-state index in [-0.39, 0.29) is 0 Å². The highest BCUT2D eigenvalue weighted by Crippen LogP contribution is 2.25. The van der Waals surface area contributed by atoms with Crippen molar-refractivity contribution >= 4 is 33.4 Å². The van der Waals surface area contributed by atoms with Gasteiger partial charge in [-0.1, -0.05) is 0 Å². The summed E-state index contributed by atoms with van der Waals surface area (Å²) in [5.41, 5.74) is 2.93. The number of rotatable bonds is 2. The molecule has 7 nitrogen and oxygen atoms in total. The monoisotopic (exact) mass is 343 g/mol. The minimum atomic E-state index is 0.745. The van der Waals surface area contributed by atoms with Crippen molar-refractivity contribution in [1.82, 2.24) is 24.9 Å². The summed E-state index contributed by atoms with van der Waals surface area (Å²) in [4.78, 5) is 26.2. The summed E-state index contributed by atoms with van der Waals surface area (Å²) in [5.74, 6) is 0.967. The molecule has 5 rings (SSSR count). The molecule has 1 aliphatic rings. The lowest BCUT2D eigenvalue weighted by atomic mass is 10.2. The van der Waals surface area contributed by atoms with Crippen molar-refractivity contribution < 1.29 is 0 Å². The van der Waals surface area contributed by atoms with Crippen molar-refractivity contribution in [3.63, 3.8) is 0 Å². The van der Waals surface area contributed by atoms with Crippen molar-refractivity contribution in [2.45, 2.75) is 0 Å². The molecule has 4 heterocycles. The molecule has 0 amide bonds. The number of benzene rings is 1. The summed E-state index contributed by atoms with van der Waals surface area (Å²) >= 11 is 0. The zero-order valence-corrected chi connectivity index (χ0v) is 14.2. The fraction of sp³-hybridized carbons (Fsp3) is 0.211. The van der Waals surface area contributed by atoms with Gasteiger partial charge in [0.2, 0.25) is 0 Å². The Bertz CT molecular complexity index is 1070. The van der Waals surface area contributed by atoms with Crippen LogP contribution in [0.4, 0.5) is 11.5 Å². The molecule has 128 valence electrons. The van der Waals surface area contributed by atoms with E-state index in [1.54, 1.807) is 18.9 Å². The van der Waals surface area contributed by atoms with Gasteiger partial charge in [0, 0.05) is 49.6 Å². The Kier molecular flexibility index (Phi) is 3.55. The third-order valence-corrected chi connectivity index (χ3v) is 4.82. The Morgan fingerprint density at radius 3 is 2.62 bits per heavy atom. The van der Waals surface area contributed by atoms with Crippen LogP contribution >= 0.6 is 0 Å². The standard InChI is InChI=1S/C19H17N7/c1-2-16-18(21-5-1)23-13-24-19(16)26-8-6-25(7-9-26)15-3-4-17-14(10-15)11-20-12-22-17/h1-5,10-13H,6-9H2. The normalized spacial score (nSPS) is 14.9. The largest absolute Gasteiger partial charge is 0.368 e. The van der Waals surface area contributed by atoms with E-state index >= 15 is 0 Å². The first-order valence-electron chi connectivity index (χ1n) is 8.64. The maximum Gasteiger partial charge on any atom is 0.164 e. The van der Waals surface area contributed by atoms with Gasteiger partial charge in [0.25, 0.3) is 0 Å². The Morgan fingerprint density at radius 2 is 1.69 bits per heavy atom. The lowest BCUT2D eigenvalue weighted by Gasteiger charge is -2.37. The summed E-state index contributed by atoms with van der Waals surface area (Å²) in [6.07, 6.45) is 6.81. The molecule has 0 saturated carbocycles. The van der Waals surface area contributed by atoms with Gasteiger partial charge >= 0.3 is 0 Å². The van der Waals surface area contributed by atoms with Crippen LogP contribution in [0.2, 0.25) is 0 Å². The Hall–Kier alpha value is -3.35. The molecule has 1 aromatic carbocycles. The van der Waals surface area contributed by atoms with Gasteiger partial charge in [-0.05, 0) is 30.3 Å². The number of hydrogen-bond acceptors (Lipinski definition) is 7. The van der Waals surface area contributed by atoms with Crippen LogP contribution in [0.15, 0.2) is 55.4 Å². The van der Waals surface area contributed by atoms with E-state index < -0.39 is 0 Å². The van der Waals surface area contributed by atoms with Crippen molar-refractivity contribution in [3.05, 3.63) is 55.4 Å². The molecule has 26 heavy (non-hydrogen) atoms. The third-order valence-electron chi connectivity index (χ3n) is 4.82. The molecule has 0 unspecified atom stereocenters. The number of pyridine rings is 1. The van der Waals surface area contributed by atoms with E-state index in [4.69, 9.17) is 0 Å². The van der Waals surface area contributed by atoms with Crippen LogP contribution in [0.25, 0.3) is 21.9 Å². The summed E-state index contributed by atoms with van der Waals surface area (Å²) in [6.45, 7) is 3.69. The highest BCUT2D eigenvalue weighted by atomic mass is 15.3. The molecule has 0 atom stereocenters. The first-order valence-corrected chi connectivity index (χ1v) is 8.64. The average Bonchev–Trinajstić information content (AvgIpc) is 2.73. The van der Waals surface area contributed by atoms with Crippen molar-refractivity contribution in [3.8, 4) is 0 Å². The molecule has 0 spiro atoms. The van der Waals surface area contributed by atoms with Gasteiger partial charge < -0.3 is 9.80 Å². The quantitative estimate of drug-likeness (QED) is 0.553. The van der Waals surface area contributed by atoms with Gasteiger partial charge in [0.1, 0.15) is 18.5 Å².